The van der Waals surface area contributed by atoms with Crippen molar-refractivity contribution in [1.29, 1.82) is 0 Å². The molecule has 3 unspecified atom stereocenters. The first-order valence-electron chi connectivity index (χ1n) is 6.81. The lowest BCUT2D eigenvalue weighted by Gasteiger charge is -2.32. The zero-order chi connectivity index (χ0) is 13.8. The van der Waals surface area contributed by atoms with E-state index in [2.05, 4.69) is 12.2 Å². The van der Waals surface area contributed by atoms with E-state index in [1.807, 2.05) is 0 Å². The molecule has 2 N–H and O–H groups in total. The Kier molecular flexibility index (Phi) is 4.40. The molecule has 0 radical (unpaired) electrons. The number of carboxylic acids is 1. The first-order valence-corrected chi connectivity index (χ1v) is 6.81. The summed E-state index contributed by atoms with van der Waals surface area (Å²) in [7, 11) is 0. The second kappa shape index (κ2) is 6.04. The van der Waals surface area contributed by atoms with Crippen molar-refractivity contribution in [2.75, 3.05) is 5.32 Å². The van der Waals surface area contributed by atoms with Gasteiger partial charge >= 0.3 is 5.97 Å². The minimum atomic E-state index is -0.830. The molecule has 0 aliphatic heterocycles. The normalized spacial score (nSPS) is 24.7. The van der Waals surface area contributed by atoms with Crippen molar-refractivity contribution < 1.29 is 14.3 Å². The van der Waals surface area contributed by atoms with Crippen molar-refractivity contribution in [3.8, 4) is 0 Å². The molecule has 0 aromatic heterocycles. The van der Waals surface area contributed by atoms with Crippen LogP contribution in [0.4, 0.5) is 10.1 Å². The summed E-state index contributed by atoms with van der Waals surface area (Å²) in [6, 6.07) is 5.25. The van der Waals surface area contributed by atoms with Gasteiger partial charge in [0, 0.05) is 5.69 Å². The molecule has 0 amide bonds. The summed E-state index contributed by atoms with van der Waals surface area (Å²) in [5.41, 5.74) is 0.659. The molecule has 3 atom stereocenters. The van der Waals surface area contributed by atoms with Crippen molar-refractivity contribution in [2.45, 2.75) is 38.6 Å². The molecule has 0 bridgehead atoms. The van der Waals surface area contributed by atoms with Crippen LogP contribution in [0.1, 0.15) is 32.6 Å². The summed E-state index contributed by atoms with van der Waals surface area (Å²) >= 11 is 0. The molecule has 2 rings (SSSR count). The number of anilines is 1. The van der Waals surface area contributed by atoms with Crippen molar-refractivity contribution in [1.82, 2.24) is 0 Å². The van der Waals surface area contributed by atoms with Crippen molar-refractivity contribution in [3.05, 3.63) is 30.1 Å². The van der Waals surface area contributed by atoms with Gasteiger partial charge in [-0.1, -0.05) is 19.8 Å². The third-order valence-corrected chi connectivity index (χ3v) is 3.88. The molecule has 0 spiro atoms. The van der Waals surface area contributed by atoms with Crippen LogP contribution in [0.15, 0.2) is 24.3 Å². The van der Waals surface area contributed by atoms with Gasteiger partial charge in [0.2, 0.25) is 0 Å². The largest absolute Gasteiger partial charge is 0.480 e. The van der Waals surface area contributed by atoms with Gasteiger partial charge < -0.3 is 10.4 Å². The van der Waals surface area contributed by atoms with Crippen molar-refractivity contribution >= 4 is 11.7 Å². The zero-order valence-electron chi connectivity index (χ0n) is 11.1. The van der Waals surface area contributed by atoms with Crippen LogP contribution in [0.2, 0.25) is 0 Å². The van der Waals surface area contributed by atoms with E-state index in [0.29, 0.717) is 11.6 Å². The minimum absolute atomic E-state index is 0.145. The Hall–Kier alpha value is -1.58. The van der Waals surface area contributed by atoms with Gasteiger partial charge in [0.05, 0.1) is 0 Å². The fraction of sp³-hybridized carbons (Fsp3) is 0.533. The van der Waals surface area contributed by atoms with E-state index >= 15 is 0 Å². The van der Waals surface area contributed by atoms with E-state index in [1.54, 1.807) is 12.1 Å². The maximum atomic E-state index is 12.8. The van der Waals surface area contributed by atoms with Crippen LogP contribution in [-0.2, 0) is 4.79 Å². The Morgan fingerprint density at radius 3 is 2.63 bits per heavy atom. The van der Waals surface area contributed by atoms with Crippen LogP contribution in [0.5, 0.6) is 0 Å². The average molecular weight is 265 g/mol. The Labute approximate surface area is 112 Å². The van der Waals surface area contributed by atoms with Gasteiger partial charge in [0.25, 0.3) is 0 Å². The molecule has 1 aliphatic carbocycles. The maximum Gasteiger partial charge on any atom is 0.326 e. The summed E-state index contributed by atoms with van der Waals surface area (Å²) in [6.07, 6.45) is 4.14. The number of halogens is 1. The highest BCUT2D eigenvalue weighted by Crippen LogP contribution is 2.32. The van der Waals surface area contributed by atoms with Crippen LogP contribution in [-0.4, -0.2) is 17.1 Å². The lowest BCUT2D eigenvalue weighted by atomic mass is 9.78. The SMILES string of the molecule is CC1CCCC(C(Nc2ccc(F)cc2)C(=O)O)C1. The molecule has 0 heterocycles. The first-order chi connectivity index (χ1) is 9.06. The summed E-state index contributed by atoms with van der Waals surface area (Å²) < 4.78 is 12.8. The van der Waals surface area contributed by atoms with Gasteiger partial charge in [-0.15, -0.1) is 0 Å². The monoisotopic (exact) mass is 265 g/mol. The Morgan fingerprint density at radius 1 is 1.37 bits per heavy atom. The van der Waals surface area contributed by atoms with Crippen molar-refractivity contribution in [2.24, 2.45) is 11.8 Å². The summed E-state index contributed by atoms with van der Waals surface area (Å²) in [4.78, 5) is 11.4. The Bertz CT molecular complexity index is 432. The van der Waals surface area contributed by atoms with Gasteiger partial charge in [-0.3, -0.25) is 0 Å². The highest BCUT2D eigenvalue weighted by molar-refractivity contribution is 5.77. The molecule has 0 saturated heterocycles. The number of nitrogens with one attached hydrogen (secondary N) is 1. The minimum Gasteiger partial charge on any atom is -0.480 e. The molecular weight excluding hydrogens is 245 g/mol. The number of carboxylic acid groups (broad SMARTS) is 1. The second-order valence-corrected chi connectivity index (χ2v) is 5.50. The van der Waals surface area contributed by atoms with E-state index in [1.165, 1.54) is 18.6 Å². The van der Waals surface area contributed by atoms with Crippen LogP contribution >= 0.6 is 0 Å². The second-order valence-electron chi connectivity index (χ2n) is 5.50. The summed E-state index contributed by atoms with van der Waals surface area (Å²) in [5, 5.41) is 12.4. The summed E-state index contributed by atoms with van der Waals surface area (Å²) in [5.74, 6) is -0.422. The third-order valence-electron chi connectivity index (χ3n) is 3.88. The highest BCUT2D eigenvalue weighted by Gasteiger charge is 2.31. The fourth-order valence-corrected chi connectivity index (χ4v) is 2.89. The lowest BCUT2D eigenvalue weighted by molar-refractivity contribution is -0.139. The molecule has 1 saturated carbocycles. The zero-order valence-corrected chi connectivity index (χ0v) is 11.1. The third kappa shape index (κ3) is 3.69. The fourth-order valence-electron chi connectivity index (χ4n) is 2.89. The number of hydrogen-bond donors (Lipinski definition) is 2. The number of hydrogen-bond acceptors (Lipinski definition) is 2. The van der Waals surface area contributed by atoms with Crippen LogP contribution in [0, 0.1) is 17.7 Å². The van der Waals surface area contributed by atoms with Crippen LogP contribution in [0.25, 0.3) is 0 Å². The molecule has 1 aromatic rings. The summed E-state index contributed by atoms with van der Waals surface area (Å²) in [6.45, 7) is 2.17. The topological polar surface area (TPSA) is 49.3 Å². The Morgan fingerprint density at radius 2 is 2.05 bits per heavy atom. The standard InChI is InChI=1S/C15H20FNO2/c1-10-3-2-4-11(9-10)14(15(18)19)17-13-7-5-12(16)6-8-13/h5-8,10-11,14,17H,2-4,9H2,1H3,(H,18,19). The molecule has 104 valence electrons. The van der Waals surface area contributed by atoms with Gasteiger partial charge in [-0.05, 0) is 48.9 Å². The maximum absolute atomic E-state index is 12.8. The predicted molar refractivity (Wildman–Crippen MR) is 72.6 cm³/mol. The van der Waals surface area contributed by atoms with E-state index in [4.69, 9.17) is 0 Å². The molecule has 1 aliphatic rings. The van der Waals surface area contributed by atoms with Crippen molar-refractivity contribution in [3.63, 3.8) is 0 Å². The number of benzene rings is 1. The van der Waals surface area contributed by atoms with E-state index in [9.17, 15) is 14.3 Å². The molecular formula is C15H20FNO2. The van der Waals surface area contributed by atoms with E-state index in [0.717, 1.165) is 19.3 Å². The average Bonchev–Trinajstić information content (AvgIpc) is 2.37. The van der Waals surface area contributed by atoms with Gasteiger partial charge in [-0.25, -0.2) is 9.18 Å². The van der Waals surface area contributed by atoms with Gasteiger partial charge in [0.1, 0.15) is 11.9 Å². The number of carbonyl (C=O) groups is 1. The van der Waals surface area contributed by atoms with Gasteiger partial charge in [-0.2, -0.15) is 0 Å². The Balaban J connectivity index is 2.07. The predicted octanol–water partition coefficient (Wildman–Crippen LogP) is 3.52. The quantitative estimate of drug-likeness (QED) is 0.875. The molecule has 1 fully saturated rings. The number of aliphatic carboxylic acids is 1. The lowest BCUT2D eigenvalue weighted by Crippen LogP contribution is -2.39. The van der Waals surface area contributed by atoms with Gasteiger partial charge in [0.15, 0.2) is 0 Å². The highest BCUT2D eigenvalue weighted by atomic mass is 19.1. The van der Waals surface area contributed by atoms with Crippen LogP contribution in [0.3, 0.4) is 0 Å². The molecule has 4 heteroatoms. The van der Waals surface area contributed by atoms with E-state index in [-0.39, 0.29) is 11.7 Å². The molecule has 3 nitrogen and oxygen atoms in total. The van der Waals surface area contributed by atoms with Crippen LogP contribution < -0.4 is 5.32 Å². The smallest absolute Gasteiger partial charge is 0.326 e. The molecule has 1 aromatic carbocycles. The molecule has 19 heavy (non-hydrogen) atoms. The first kappa shape index (κ1) is 13.8. The number of rotatable bonds is 4. The van der Waals surface area contributed by atoms with E-state index < -0.39 is 12.0 Å².